The Balaban J connectivity index is 1.29. The highest BCUT2D eigenvalue weighted by atomic mass is 14.3. The first-order valence-electron chi connectivity index (χ1n) is 19.2. The Morgan fingerprint density at radius 2 is 0.556 bits per heavy atom. The molecule has 54 heavy (non-hydrogen) atoms. The van der Waals surface area contributed by atoms with Crippen molar-refractivity contribution in [2.45, 2.75) is 27.7 Å². The number of hydrogen-bond acceptors (Lipinski definition) is 0. The van der Waals surface area contributed by atoms with Crippen molar-refractivity contribution in [3.63, 3.8) is 0 Å². The second kappa shape index (κ2) is 10.6. The summed E-state index contributed by atoms with van der Waals surface area (Å²) >= 11 is 0. The summed E-state index contributed by atoms with van der Waals surface area (Å²) in [6, 6.07) is 56.1. The number of rotatable bonds is 2. The third-order valence-electron chi connectivity index (χ3n) is 12.3. The smallest absolute Gasteiger partial charge is 0.00139 e. The minimum Gasteiger partial charge on any atom is -0.0622 e. The quantitative estimate of drug-likeness (QED) is 0.159. The van der Waals surface area contributed by atoms with Crippen LogP contribution in [0.1, 0.15) is 22.3 Å². The second-order valence-electron chi connectivity index (χ2n) is 16.0. The van der Waals surface area contributed by atoms with Gasteiger partial charge >= 0.3 is 0 Å². The lowest BCUT2D eigenvalue weighted by Gasteiger charge is -2.20. The van der Waals surface area contributed by atoms with Gasteiger partial charge in [0.1, 0.15) is 0 Å². The molecule has 0 aliphatic heterocycles. The Bertz CT molecular complexity index is 3090. The Labute approximate surface area is 315 Å². The van der Waals surface area contributed by atoms with Crippen LogP contribution in [-0.2, 0) is 0 Å². The van der Waals surface area contributed by atoms with Gasteiger partial charge in [0, 0.05) is 0 Å². The molecule has 0 atom stereocenters. The fourth-order valence-electron chi connectivity index (χ4n) is 10.3. The fraction of sp³-hybridized carbons (Fsp3) is 0.0741. The third-order valence-corrected chi connectivity index (χ3v) is 12.3. The standard InChI is InChI=1S/C54H36/c1-29-15-37-17-31(3)21-49-45-27-41-35(25-43(45)47(19-29)51(37)49)23-39(33-11-7-5-8-12-33)54-42-28-46-44(26-36(42)24-40(53(41)54)34-13-9-6-10-14-34)48-20-30(2)16-38-18-32(4)22-50(46)52(38)48/h5-28H,1-4H3. The van der Waals surface area contributed by atoms with Crippen molar-refractivity contribution in [3.05, 3.63) is 168 Å². The summed E-state index contributed by atoms with van der Waals surface area (Å²) in [6.07, 6.45) is 0. The van der Waals surface area contributed by atoms with Gasteiger partial charge < -0.3 is 0 Å². The molecule has 10 aromatic carbocycles. The second-order valence-corrected chi connectivity index (χ2v) is 16.0. The fourth-order valence-corrected chi connectivity index (χ4v) is 10.3. The van der Waals surface area contributed by atoms with E-state index in [9.17, 15) is 0 Å². The molecule has 0 amide bonds. The summed E-state index contributed by atoms with van der Waals surface area (Å²) < 4.78 is 0. The van der Waals surface area contributed by atoms with Crippen molar-refractivity contribution in [2.75, 3.05) is 0 Å². The lowest BCUT2D eigenvalue weighted by molar-refractivity contribution is 1.48. The highest BCUT2D eigenvalue weighted by molar-refractivity contribution is 6.31. The van der Waals surface area contributed by atoms with Crippen molar-refractivity contribution < 1.29 is 0 Å². The molecule has 2 aliphatic rings. The van der Waals surface area contributed by atoms with Gasteiger partial charge in [0.2, 0.25) is 0 Å². The molecule has 10 aromatic rings. The summed E-state index contributed by atoms with van der Waals surface area (Å²) in [5.41, 5.74) is 21.0. The highest BCUT2D eigenvalue weighted by Gasteiger charge is 2.27. The molecule has 2 aliphatic carbocycles. The van der Waals surface area contributed by atoms with E-state index in [0.29, 0.717) is 0 Å². The summed E-state index contributed by atoms with van der Waals surface area (Å²) in [5, 5.41) is 13.2. The molecule has 0 heteroatoms. The molecule has 0 aromatic heterocycles. The summed E-state index contributed by atoms with van der Waals surface area (Å²) in [6.45, 7) is 8.93. The van der Waals surface area contributed by atoms with Crippen LogP contribution in [0.3, 0.4) is 0 Å². The predicted molar refractivity (Wildman–Crippen MR) is 233 cm³/mol. The van der Waals surface area contributed by atoms with Crippen molar-refractivity contribution in [2.24, 2.45) is 0 Å². The largest absolute Gasteiger partial charge is 0.0622 e. The normalized spacial score (nSPS) is 12.4. The van der Waals surface area contributed by atoms with E-state index >= 15 is 0 Å². The molecule has 0 spiro atoms. The minimum atomic E-state index is 1.24. The zero-order chi connectivity index (χ0) is 36.0. The Kier molecular flexibility index (Phi) is 5.87. The van der Waals surface area contributed by atoms with Gasteiger partial charge in [-0.15, -0.1) is 0 Å². The lowest BCUT2D eigenvalue weighted by atomic mass is 9.83. The van der Waals surface area contributed by atoms with Gasteiger partial charge in [-0.2, -0.15) is 0 Å². The van der Waals surface area contributed by atoms with Crippen LogP contribution < -0.4 is 0 Å². The van der Waals surface area contributed by atoms with Gasteiger partial charge in [-0.1, -0.05) is 109 Å². The molecule has 0 N–H and O–H groups in total. The Morgan fingerprint density at radius 3 is 0.907 bits per heavy atom. The Morgan fingerprint density at radius 1 is 0.241 bits per heavy atom. The Hall–Kier alpha value is -6.50. The number of hydrogen-bond donors (Lipinski definition) is 0. The maximum atomic E-state index is 2.53. The van der Waals surface area contributed by atoms with Crippen molar-refractivity contribution in [3.8, 4) is 66.8 Å². The summed E-state index contributed by atoms with van der Waals surface area (Å²) in [7, 11) is 0. The van der Waals surface area contributed by atoms with E-state index in [1.54, 1.807) is 0 Å². The molecular weight excluding hydrogens is 649 g/mol. The zero-order valence-electron chi connectivity index (χ0n) is 30.9. The maximum Gasteiger partial charge on any atom is -0.00139 e. The van der Waals surface area contributed by atoms with Crippen LogP contribution in [-0.4, -0.2) is 0 Å². The van der Waals surface area contributed by atoms with Gasteiger partial charge in [-0.3, -0.25) is 0 Å². The first kappa shape index (κ1) is 30.0. The molecule has 0 saturated heterocycles. The number of benzene rings is 10. The molecule has 12 rings (SSSR count). The number of fused-ring (bicyclic) bond motifs is 11. The number of aryl methyl sites for hydroxylation is 4. The molecule has 0 unspecified atom stereocenters. The van der Waals surface area contributed by atoms with Crippen LogP contribution in [0.4, 0.5) is 0 Å². The average Bonchev–Trinajstić information content (AvgIpc) is 3.64. The monoisotopic (exact) mass is 684 g/mol. The van der Waals surface area contributed by atoms with E-state index in [0.717, 1.165) is 0 Å². The van der Waals surface area contributed by atoms with Crippen molar-refractivity contribution >= 4 is 53.9 Å². The molecule has 0 fully saturated rings. The van der Waals surface area contributed by atoms with Crippen LogP contribution in [0.15, 0.2) is 146 Å². The van der Waals surface area contributed by atoms with Gasteiger partial charge in [0.05, 0.1) is 0 Å². The van der Waals surface area contributed by atoms with Gasteiger partial charge in [0.25, 0.3) is 0 Å². The third kappa shape index (κ3) is 4.03. The van der Waals surface area contributed by atoms with Crippen molar-refractivity contribution in [1.29, 1.82) is 0 Å². The maximum absolute atomic E-state index is 2.53. The lowest BCUT2D eigenvalue weighted by Crippen LogP contribution is -1.92. The van der Waals surface area contributed by atoms with E-state index in [-0.39, 0.29) is 0 Å². The first-order valence-corrected chi connectivity index (χ1v) is 19.2. The van der Waals surface area contributed by atoms with Gasteiger partial charge in [-0.05, 0) is 207 Å². The summed E-state index contributed by atoms with van der Waals surface area (Å²) in [5.74, 6) is 0. The molecule has 252 valence electrons. The molecule has 0 saturated carbocycles. The van der Waals surface area contributed by atoms with Gasteiger partial charge in [0.15, 0.2) is 0 Å². The van der Waals surface area contributed by atoms with E-state index in [1.165, 1.54) is 143 Å². The SMILES string of the molecule is Cc1cc2c3c(cc(C)cc3c1)-c1cc3c(cc1-2)cc(-c1ccccc1)c1c2cc4c(cc2cc(-c2ccccc2)c31)-c1cc(C)cc2cc(C)cc-4c12. The van der Waals surface area contributed by atoms with E-state index in [1.807, 2.05) is 0 Å². The van der Waals surface area contributed by atoms with Crippen LogP contribution >= 0.6 is 0 Å². The molecule has 0 heterocycles. The van der Waals surface area contributed by atoms with E-state index < -0.39 is 0 Å². The summed E-state index contributed by atoms with van der Waals surface area (Å²) in [4.78, 5) is 0. The van der Waals surface area contributed by atoms with Crippen LogP contribution in [0.25, 0.3) is 121 Å². The van der Waals surface area contributed by atoms with Crippen LogP contribution in [0, 0.1) is 27.7 Å². The predicted octanol–water partition coefficient (Wildman–Crippen LogP) is 15.3. The average molecular weight is 685 g/mol. The van der Waals surface area contributed by atoms with E-state index in [2.05, 4.69) is 173 Å². The van der Waals surface area contributed by atoms with Crippen LogP contribution in [0.2, 0.25) is 0 Å². The minimum absolute atomic E-state index is 1.24. The molecule has 0 nitrogen and oxygen atoms in total. The zero-order valence-corrected chi connectivity index (χ0v) is 30.9. The van der Waals surface area contributed by atoms with Crippen molar-refractivity contribution in [1.82, 2.24) is 0 Å². The molecular formula is C54H36. The highest BCUT2D eigenvalue weighted by Crippen LogP contribution is 2.55. The molecule has 0 bridgehead atoms. The molecule has 0 radical (unpaired) electrons. The van der Waals surface area contributed by atoms with Gasteiger partial charge in [-0.25, -0.2) is 0 Å². The van der Waals surface area contributed by atoms with E-state index in [4.69, 9.17) is 0 Å². The topological polar surface area (TPSA) is 0 Å². The first-order chi connectivity index (χ1) is 26.4. The van der Waals surface area contributed by atoms with Crippen LogP contribution in [0.5, 0.6) is 0 Å².